The van der Waals surface area contributed by atoms with E-state index in [1.807, 2.05) is 31.4 Å². The number of hydrogen-bond donors (Lipinski definition) is 1. The highest BCUT2D eigenvalue weighted by Gasteiger charge is 2.28. The van der Waals surface area contributed by atoms with E-state index in [1.54, 1.807) is 15.1 Å². The predicted molar refractivity (Wildman–Crippen MR) is 114 cm³/mol. The van der Waals surface area contributed by atoms with E-state index >= 15 is 0 Å². The van der Waals surface area contributed by atoms with Crippen molar-refractivity contribution >= 4 is 50.7 Å². The van der Waals surface area contributed by atoms with Gasteiger partial charge in [-0.1, -0.05) is 11.6 Å². The number of nitrogens with zero attached hydrogens (tertiary/aromatic N) is 6. The fourth-order valence-corrected chi connectivity index (χ4v) is 4.52. The lowest BCUT2D eigenvalue weighted by Crippen LogP contribution is -2.26. The molecule has 1 fully saturated rings. The van der Waals surface area contributed by atoms with Crippen LogP contribution in [0.1, 0.15) is 12.8 Å². The molecule has 1 saturated heterocycles. The van der Waals surface area contributed by atoms with Gasteiger partial charge in [0.1, 0.15) is 17.1 Å². The smallest absolute Gasteiger partial charge is 0.228 e. The van der Waals surface area contributed by atoms with E-state index in [9.17, 15) is 4.79 Å². The lowest BCUT2D eigenvalue weighted by Gasteiger charge is -2.18. The van der Waals surface area contributed by atoms with E-state index in [1.165, 1.54) is 11.3 Å². The number of thiazole rings is 1. The Kier molecular flexibility index (Phi) is 4.21. The molecule has 1 amide bonds. The summed E-state index contributed by atoms with van der Waals surface area (Å²) >= 11 is 7.97. The molecule has 1 aromatic carbocycles. The summed E-state index contributed by atoms with van der Waals surface area (Å²) in [5.41, 5.74) is 11.2. The second-order valence-corrected chi connectivity index (χ2v) is 8.07. The number of carbonyl (C=O) groups is 1. The Labute approximate surface area is 175 Å². The second kappa shape index (κ2) is 6.78. The molecular formula is C19H16ClN7OS. The van der Waals surface area contributed by atoms with Gasteiger partial charge in [0.05, 0.1) is 20.7 Å². The minimum Gasteiger partial charge on any atom is -0.381 e. The molecular weight excluding hydrogens is 410 g/mol. The fraction of sp³-hybridized carbons (Fsp3) is 0.211. The van der Waals surface area contributed by atoms with E-state index in [4.69, 9.17) is 22.3 Å². The van der Waals surface area contributed by atoms with Gasteiger partial charge in [-0.3, -0.25) is 14.4 Å². The Morgan fingerprint density at radius 1 is 1.24 bits per heavy atom. The molecule has 8 nitrogen and oxygen atoms in total. The standard InChI is InChI=1S/C19H16ClN7OS/c1-26-6-4-12(25-26)16-15(10-7-11(20)17-13(8-10)22-9-29-17)24-19(18(21)23-16)27-5-2-3-14(27)28/h4,6-9H,2-3,5H2,1H3,(H2,21,23). The summed E-state index contributed by atoms with van der Waals surface area (Å²) in [4.78, 5) is 27.6. The lowest BCUT2D eigenvalue weighted by atomic mass is 10.1. The number of aryl methyl sites for hydroxylation is 1. The van der Waals surface area contributed by atoms with Crippen LogP contribution < -0.4 is 10.6 Å². The van der Waals surface area contributed by atoms with Crippen LogP contribution in [0.4, 0.5) is 11.6 Å². The number of carbonyl (C=O) groups excluding carboxylic acids is 1. The van der Waals surface area contributed by atoms with Crippen LogP contribution in [-0.2, 0) is 11.8 Å². The summed E-state index contributed by atoms with van der Waals surface area (Å²) in [6.45, 7) is 0.575. The van der Waals surface area contributed by atoms with Gasteiger partial charge in [-0.2, -0.15) is 5.10 Å². The number of rotatable bonds is 3. The molecule has 2 N–H and O–H groups in total. The first-order valence-corrected chi connectivity index (χ1v) is 10.3. The van der Waals surface area contributed by atoms with Crippen LogP contribution in [-0.4, -0.2) is 37.2 Å². The number of nitrogen functional groups attached to an aromatic ring is 1. The lowest BCUT2D eigenvalue weighted by molar-refractivity contribution is -0.117. The van der Waals surface area contributed by atoms with Gasteiger partial charge < -0.3 is 5.73 Å². The Balaban J connectivity index is 1.76. The van der Waals surface area contributed by atoms with Gasteiger partial charge in [0.25, 0.3) is 0 Å². The van der Waals surface area contributed by atoms with Crippen LogP contribution in [0.15, 0.2) is 29.9 Å². The summed E-state index contributed by atoms with van der Waals surface area (Å²) < 4.78 is 2.60. The Bertz CT molecular complexity index is 1260. The molecule has 0 aliphatic carbocycles. The number of aromatic nitrogens is 5. The van der Waals surface area contributed by atoms with Crippen molar-refractivity contribution in [3.05, 3.63) is 34.9 Å². The molecule has 5 rings (SSSR count). The van der Waals surface area contributed by atoms with Gasteiger partial charge in [-0.15, -0.1) is 11.3 Å². The number of anilines is 2. The van der Waals surface area contributed by atoms with Crippen molar-refractivity contribution in [1.29, 1.82) is 0 Å². The zero-order valence-corrected chi connectivity index (χ0v) is 17.0. The largest absolute Gasteiger partial charge is 0.381 e. The van der Waals surface area contributed by atoms with Crippen molar-refractivity contribution in [3.8, 4) is 22.6 Å². The monoisotopic (exact) mass is 425 g/mol. The first kappa shape index (κ1) is 18.0. The fourth-order valence-electron chi connectivity index (χ4n) is 3.50. The summed E-state index contributed by atoms with van der Waals surface area (Å²) in [7, 11) is 1.83. The van der Waals surface area contributed by atoms with E-state index in [2.05, 4.69) is 15.1 Å². The third-order valence-corrected chi connectivity index (χ3v) is 6.13. The number of fused-ring (bicyclic) bond motifs is 1. The van der Waals surface area contributed by atoms with Crippen LogP contribution in [0.3, 0.4) is 0 Å². The summed E-state index contributed by atoms with van der Waals surface area (Å²) in [6.07, 6.45) is 3.08. The zero-order chi connectivity index (χ0) is 20.1. The molecule has 0 radical (unpaired) electrons. The molecule has 4 heterocycles. The molecule has 1 aliphatic rings. The summed E-state index contributed by atoms with van der Waals surface area (Å²) in [5.74, 6) is 0.567. The van der Waals surface area contributed by atoms with Crippen LogP contribution in [0.2, 0.25) is 5.02 Å². The highest BCUT2D eigenvalue weighted by molar-refractivity contribution is 7.17. The minimum absolute atomic E-state index is 0.00415. The number of benzene rings is 1. The maximum absolute atomic E-state index is 12.3. The Hall–Kier alpha value is -3.04. The maximum Gasteiger partial charge on any atom is 0.228 e. The van der Waals surface area contributed by atoms with Crippen LogP contribution in [0.5, 0.6) is 0 Å². The molecule has 3 aromatic heterocycles. The van der Waals surface area contributed by atoms with Gasteiger partial charge in [0.15, 0.2) is 11.6 Å². The van der Waals surface area contributed by atoms with Crippen LogP contribution >= 0.6 is 22.9 Å². The molecule has 1 aliphatic heterocycles. The van der Waals surface area contributed by atoms with E-state index in [-0.39, 0.29) is 11.7 Å². The summed E-state index contributed by atoms with van der Waals surface area (Å²) in [5, 5.41) is 5.04. The van der Waals surface area contributed by atoms with Gasteiger partial charge in [0, 0.05) is 31.8 Å². The minimum atomic E-state index is -0.00415. The van der Waals surface area contributed by atoms with Crippen molar-refractivity contribution in [2.45, 2.75) is 12.8 Å². The molecule has 29 heavy (non-hydrogen) atoms. The molecule has 146 valence electrons. The van der Waals surface area contributed by atoms with Gasteiger partial charge >= 0.3 is 0 Å². The highest BCUT2D eigenvalue weighted by Crippen LogP contribution is 2.37. The third-order valence-electron chi connectivity index (χ3n) is 4.85. The van der Waals surface area contributed by atoms with Crippen LogP contribution in [0.25, 0.3) is 32.9 Å². The van der Waals surface area contributed by atoms with Crippen molar-refractivity contribution in [2.24, 2.45) is 7.05 Å². The average Bonchev–Trinajstić information content (AvgIpc) is 3.42. The molecule has 0 atom stereocenters. The van der Waals surface area contributed by atoms with Gasteiger partial charge in [-0.05, 0) is 24.6 Å². The quantitative estimate of drug-likeness (QED) is 0.538. The van der Waals surface area contributed by atoms with Crippen LogP contribution in [0, 0.1) is 0 Å². The Morgan fingerprint density at radius 2 is 2.10 bits per heavy atom. The Morgan fingerprint density at radius 3 is 2.83 bits per heavy atom. The van der Waals surface area contributed by atoms with E-state index in [0.29, 0.717) is 40.9 Å². The van der Waals surface area contributed by atoms with Crippen molar-refractivity contribution in [3.63, 3.8) is 0 Å². The number of hydrogen-bond acceptors (Lipinski definition) is 7. The third kappa shape index (κ3) is 3.02. The first-order valence-electron chi connectivity index (χ1n) is 9.02. The average molecular weight is 426 g/mol. The molecule has 0 saturated carbocycles. The summed E-state index contributed by atoms with van der Waals surface area (Å²) in [6, 6.07) is 5.60. The molecule has 10 heteroatoms. The van der Waals surface area contributed by atoms with Gasteiger partial charge in [0.2, 0.25) is 5.91 Å². The van der Waals surface area contributed by atoms with Crippen molar-refractivity contribution in [2.75, 3.05) is 17.2 Å². The SMILES string of the molecule is Cn1ccc(-c2nc(N)c(N3CCCC3=O)nc2-c2cc(Cl)c3scnc3c2)n1. The first-order chi connectivity index (χ1) is 14.0. The van der Waals surface area contributed by atoms with Crippen molar-refractivity contribution in [1.82, 2.24) is 24.7 Å². The normalized spacial score (nSPS) is 14.3. The molecule has 0 spiro atoms. The second-order valence-electron chi connectivity index (χ2n) is 6.81. The number of halogens is 1. The molecule has 4 aromatic rings. The van der Waals surface area contributed by atoms with Gasteiger partial charge in [-0.25, -0.2) is 15.0 Å². The van der Waals surface area contributed by atoms with E-state index in [0.717, 1.165) is 22.2 Å². The number of amides is 1. The van der Waals surface area contributed by atoms with E-state index < -0.39 is 0 Å². The maximum atomic E-state index is 12.3. The number of nitrogens with two attached hydrogens (primary N) is 1. The topological polar surface area (TPSA) is 103 Å². The van der Waals surface area contributed by atoms with Crippen molar-refractivity contribution < 1.29 is 4.79 Å². The molecule has 0 bridgehead atoms. The highest BCUT2D eigenvalue weighted by atomic mass is 35.5. The predicted octanol–water partition coefficient (Wildman–Crippen LogP) is 3.52. The zero-order valence-electron chi connectivity index (χ0n) is 15.5. The molecule has 0 unspecified atom stereocenters.